The van der Waals surface area contributed by atoms with Crippen LogP contribution in [0.4, 0.5) is 0 Å². The Kier molecular flexibility index (Phi) is 14.5. The first-order valence-corrected chi connectivity index (χ1v) is 28.7. The molecule has 9 aromatic carbocycles. The number of fused-ring (bicyclic) bond motifs is 2. The molecule has 2 atom stereocenters. The average molecular weight is 1130 g/mol. The number of imide groups is 2. The van der Waals surface area contributed by atoms with Crippen LogP contribution in [-0.4, -0.2) is 94.3 Å². The number of benzene rings is 9. The van der Waals surface area contributed by atoms with Crippen molar-refractivity contribution in [3.05, 3.63) is 164 Å². The molecule has 0 aromatic heterocycles. The first-order chi connectivity index (χ1) is 40.0. The third-order valence-corrected chi connectivity index (χ3v) is 16.5. The molecule has 0 spiro atoms. The lowest BCUT2D eigenvalue weighted by molar-refractivity contribution is -0.134. The molecule has 428 valence electrons. The molecule has 0 aliphatic carbocycles. The number of aryl methyl sites for hydroxylation is 8. The van der Waals surface area contributed by atoms with Crippen molar-refractivity contribution in [2.24, 2.45) is 0 Å². The van der Waals surface area contributed by atoms with Crippen molar-refractivity contribution in [2.75, 3.05) is 27.2 Å². The molecular formula is C70H68N4O10. The molecule has 0 saturated heterocycles. The molecule has 14 nitrogen and oxygen atoms in total. The van der Waals surface area contributed by atoms with Crippen molar-refractivity contribution in [3.8, 4) is 46.0 Å². The fraction of sp³-hybridized carbons (Fsp3) is 0.286. The van der Waals surface area contributed by atoms with Gasteiger partial charge in [0.05, 0.1) is 22.3 Å². The number of carbonyl (C=O) groups is 6. The Labute approximate surface area is 488 Å². The van der Waals surface area contributed by atoms with E-state index in [1.807, 2.05) is 142 Å². The summed E-state index contributed by atoms with van der Waals surface area (Å²) in [4.78, 5) is 96.6. The van der Waals surface area contributed by atoms with Gasteiger partial charge in [-0.15, -0.1) is 0 Å². The Hall–Kier alpha value is -9.30. The summed E-state index contributed by atoms with van der Waals surface area (Å²) in [6.07, 6.45) is 1.31. The molecule has 14 heteroatoms. The molecule has 0 saturated carbocycles. The lowest BCUT2D eigenvalue weighted by Crippen LogP contribution is -2.52. The number of ether oxygens (including phenoxy) is 4. The van der Waals surface area contributed by atoms with Gasteiger partial charge in [-0.25, -0.2) is 0 Å². The fourth-order valence-corrected chi connectivity index (χ4v) is 12.4. The summed E-state index contributed by atoms with van der Waals surface area (Å²) in [6.45, 7) is 23.4. The minimum atomic E-state index is -1.23. The van der Waals surface area contributed by atoms with Crippen LogP contribution in [0.2, 0.25) is 0 Å². The zero-order valence-electron chi connectivity index (χ0n) is 50.1. The van der Waals surface area contributed by atoms with Gasteiger partial charge in [0.15, 0.2) is 0 Å². The van der Waals surface area contributed by atoms with Crippen LogP contribution in [0.15, 0.2) is 97.1 Å². The van der Waals surface area contributed by atoms with E-state index in [9.17, 15) is 9.59 Å². The lowest BCUT2D eigenvalue weighted by atomic mass is 9.80. The Bertz CT molecular complexity index is 3820. The standard InChI is InChI=1S/C70H68N4O10/c1-15-25-71(13)65(75)43(11)73-67(77)45-31-53(81-49-21-17-35(3)27-39(49)7)59-61-55(83-51-23-19-37(5)29-41(51)9)33-47-58-48(70(80)74(69(47)79)44(12)66(76)72(14)26-16-2)34-56(84-52-24-20-38(6)30-42(52)10)62(64(58)61)60-54(32-46(68(73)78)57(45)63(59)60)82-50-22-18-36(4)28-40(50)8/h17-24,27-34,43-44H,15-16,25-26H2,1-14H3. The lowest BCUT2D eigenvalue weighted by Gasteiger charge is -2.35. The number of carbonyl (C=O) groups excluding carboxylic acids is 6. The summed E-state index contributed by atoms with van der Waals surface area (Å²) in [5, 5.41) is 2.65. The smallest absolute Gasteiger partial charge is 0.262 e. The van der Waals surface area contributed by atoms with E-state index in [0.29, 0.717) is 81.2 Å². The van der Waals surface area contributed by atoms with Crippen LogP contribution in [0, 0.1) is 55.4 Å². The molecule has 11 rings (SSSR count). The van der Waals surface area contributed by atoms with Crippen molar-refractivity contribution >= 4 is 78.5 Å². The van der Waals surface area contributed by atoms with Crippen LogP contribution >= 0.6 is 0 Å². The monoisotopic (exact) mass is 1120 g/mol. The highest BCUT2D eigenvalue weighted by Crippen LogP contribution is 2.58. The molecule has 84 heavy (non-hydrogen) atoms. The van der Waals surface area contributed by atoms with Crippen molar-refractivity contribution in [1.82, 2.24) is 19.6 Å². The molecule has 2 unspecified atom stereocenters. The predicted octanol–water partition coefficient (Wildman–Crippen LogP) is 15.1. The quantitative estimate of drug-likeness (QED) is 0.0519. The van der Waals surface area contributed by atoms with Gasteiger partial charge in [-0.2, -0.15) is 0 Å². The van der Waals surface area contributed by atoms with E-state index in [2.05, 4.69) is 0 Å². The van der Waals surface area contributed by atoms with Crippen molar-refractivity contribution in [2.45, 2.75) is 108 Å². The minimum Gasteiger partial charge on any atom is -0.456 e. The van der Waals surface area contributed by atoms with Gasteiger partial charge in [0.25, 0.3) is 23.6 Å². The Morgan fingerprint density at radius 2 is 0.607 bits per heavy atom. The first kappa shape index (κ1) is 56.6. The zero-order valence-corrected chi connectivity index (χ0v) is 50.1. The normalized spacial score (nSPS) is 13.8. The van der Waals surface area contributed by atoms with E-state index >= 15 is 19.2 Å². The second-order valence-corrected chi connectivity index (χ2v) is 23.0. The largest absolute Gasteiger partial charge is 0.456 e. The van der Waals surface area contributed by atoms with Crippen LogP contribution in [0.1, 0.15) is 126 Å². The number of hydrogen-bond acceptors (Lipinski definition) is 10. The molecule has 0 radical (unpaired) electrons. The van der Waals surface area contributed by atoms with Crippen molar-refractivity contribution in [1.29, 1.82) is 0 Å². The van der Waals surface area contributed by atoms with E-state index in [-0.39, 0.29) is 56.0 Å². The fourth-order valence-electron chi connectivity index (χ4n) is 12.4. The van der Waals surface area contributed by atoms with E-state index < -0.39 is 47.5 Å². The number of rotatable bonds is 16. The van der Waals surface area contributed by atoms with Crippen LogP contribution in [0.3, 0.4) is 0 Å². The number of hydrogen-bond donors (Lipinski definition) is 0. The molecule has 0 N–H and O–H groups in total. The highest BCUT2D eigenvalue weighted by Gasteiger charge is 2.45. The van der Waals surface area contributed by atoms with E-state index in [1.165, 1.54) is 9.80 Å². The highest BCUT2D eigenvalue weighted by molar-refractivity contribution is 6.45. The Morgan fingerprint density at radius 3 is 0.821 bits per heavy atom. The van der Waals surface area contributed by atoms with Gasteiger partial charge in [-0.3, -0.25) is 38.6 Å². The molecule has 9 aromatic rings. The summed E-state index contributed by atoms with van der Waals surface area (Å²) in [7, 11) is 3.31. The summed E-state index contributed by atoms with van der Waals surface area (Å²) < 4.78 is 28.9. The van der Waals surface area contributed by atoms with Crippen LogP contribution < -0.4 is 18.9 Å². The van der Waals surface area contributed by atoms with Gasteiger partial charge in [0.2, 0.25) is 11.8 Å². The third-order valence-electron chi connectivity index (χ3n) is 16.5. The predicted molar refractivity (Wildman–Crippen MR) is 327 cm³/mol. The number of likely N-dealkylation sites (N-methyl/N-ethyl adjacent to an activating group) is 2. The SMILES string of the molecule is CCCN(C)C(=O)C(C)N1C(=O)c2cc(Oc3ccc(C)cc3C)c3c4c(Oc5ccc(C)cc5C)cc5c6c(cc(Oc7ccc(C)cc7C)c(c7c(Oc8ccc(C)cc8C)cc(c2c37)C1=O)c64)C(=O)N(C(C)C(=O)N(C)CCC)C5=O. The molecule has 2 aliphatic heterocycles. The maximum Gasteiger partial charge on any atom is 0.262 e. The molecule has 6 amide bonds. The van der Waals surface area contributed by atoms with Gasteiger partial charge in [0, 0.05) is 70.3 Å². The molecular weight excluding hydrogens is 1060 g/mol. The van der Waals surface area contributed by atoms with Gasteiger partial charge < -0.3 is 28.7 Å². The van der Waals surface area contributed by atoms with E-state index in [4.69, 9.17) is 18.9 Å². The second kappa shape index (κ2) is 21.5. The molecule has 2 aliphatic rings. The van der Waals surface area contributed by atoms with Crippen LogP contribution in [0.5, 0.6) is 46.0 Å². The zero-order chi connectivity index (χ0) is 60.1. The van der Waals surface area contributed by atoms with Crippen LogP contribution in [0.25, 0.3) is 43.1 Å². The molecule has 0 bridgehead atoms. The second-order valence-electron chi connectivity index (χ2n) is 23.0. The number of nitrogens with zero attached hydrogens (tertiary/aromatic N) is 4. The maximum atomic E-state index is 15.7. The van der Waals surface area contributed by atoms with E-state index in [1.54, 1.807) is 52.2 Å². The van der Waals surface area contributed by atoms with Gasteiger partial charge >= 0.3 is 0 Å². The van der Waals surface area contributed by atoms with Crippen molar-refractivity contribution < 1.29 is 47.7 Å². The number of amides is 6. The summed E-state index contributed by atoms with van der Waals surface area (Å²) in [5.74, 6) is -1.28. The Balaban J connectivity index is 1.39. The van der Waals surface area contributed by atoms with Gasteiger partial charge in [-0.05, 0) is 153 Å². The summed E-state index contributed by atoms with van der Waals surface area (Å²) >= 11 is 0. The minimum absolute atomic E-state index is 0.0793. The average Bonchev–Trinajstić information content (AvgIpc) is 0.848. The topological polar surface area (TPSA) is 152 Å². The summed E-state index contributed by atoms with van der Waals surface area (Å²) in [6, 6.07) is 27.1. The van der Waals surface area contributed by atoms with Gasteiger partial charge in [0.1, 0.15) is 58.1 Å². The summed E-state index contributed by atoms with van der Waals surface area (Å²) in [5.41, 5.74) is 7.35. The highest BCUT2D eigenvalue weighted by atomic mass is 16.5. The third kappa shape index (κ3) is 9.28. The van der Waals surface area contributed by atoms with E-state index in [0.717, 1.165) is 54.3 Å². The first-order valence-electron chi connectivity index (χ1n) is 28.7. The van der Waals surface area contributed by atoms with Gasteiger partial charge in [-0.1, -0.05) is 84.6 Å². The van der Waals surface area contributed by atoms with Crippen LogP contribution in [-0.2, 0) is 9.59 Å². The molecule has 0 fully saturated rings. The molecule has 2 heterocycles. The van der Waals surface area contributed by atoms with Crippen molar-refractivity contribution in [3.63, 3.8) is 0 Å². The Morgan fingerprint density at radius 1 is 0.369 bits per heavy atom. The maximum absolute atomic E-state index is 15.7.